The highest BCUT2D eigenvalue weighted by molar-refractivity contribution is 9.10. The number of amides is 2. The average Bonchev–Trinajstić information content (AvgIpc) is 2.37. The molecule has 0 aliphatic carbocycles. The van der Waals surface area contributed by atoms with Crippen LogP contribution in [0.3, 0.4) is 0 Å². The minimum absolute atomic E-state index is 0.127. The molecule has 0 spiro atoms. The van der Waals surface area contributed by atoms with Gasteiger partial charge in [-0.15, -0.1) is 0 Å². The third-order valence-corrected chi connectivity index (χ3v) is 3.22. The minimum atomic E-state index is -0.127. The molecule has 4 nitrogen and oxygen atoms in total. The van der Waals surface area contributed by atoms with Crippen molar-refractivity contribution in [1.82, 2.24) is 10.6 Å². The Hall–Kier alpha value is -1.07. The first-order valence-corrected chi connectivity index (χ1v) is 6.77. The third-order valence-electron chi connectivity index (χ3n) is 2.45. The van der Waals surface area contributed by atoms with Gasteiger partial charge in [0.2, 0.25) is 0 Å². The lowest BCUT2D eigenvalue weighted by Gasteiger charge is -2.08. The zero-order valence-corrected chi connectivity index (χ0v) is 12.1. The van der Waals surface area contributed by atoms with Gasteiger partial charge < -0.3 is 15.4 Å². The Bertz CT molecular complexity index is 372. The molecular weight excluding hydrogens is 296 g/mol. The Balaban J connectivity index is 2.14. The maximum Gasteiger partial charge on any atom is 0.314 e. The van der Waals surface area contributed by atoms with Gasteiger partial charge in [-0.2, -0.15) is 0 Å². The van der Waals surface area contributed by atoms with Crippen LogP contribution in [0.15, 0.2) is 28.7 Å². The monoisotopic (exact) mass is 314 g/mol. The molecule has 2 N–H and O–H groups in total. The first-order valence-electron chi connectivity index (χ1n) is 5.98. The van der Waals surface area contributed by atoms with Crippen molar-refractivity contribution in [2.24, 2.45) is 0 Å². The topological polar surface area (TPSA) is 50.4 Å². The van der Waals surface area contributed by atoms with Crippen LogP contribution in [0.4, 0.5) is 4.79 Å². The van der Waals surface area contributed by atoms with E-state index in [0.717, 1.165) is 17.3 Å². The van der Waals surface area contributed by atoms with Gasteiger partial charge in [0, 0.05) is 31.3 Å². The molecule has 2 amide bonds. The number of halogens is 1. The molecule has 5 heteroatoms. The molecule has 1 aromatic carbocycles. The maximum atomic E-state index is 11.4. The summed E-state index contributed by atoms with van der Waals surface area (Å²) in [4.78, 5) is 11.4. The molecule has 0 unspecified atom stereocenters. The van der Waals surface area contributed by atoms with Crippen LogP contribution in [0.1, 0.15) is 12.0 Å². The lowest BCUT2D eigenvalue weighted by Crippen LogP contribution is -2.37. The highest BCUT2D eigenvalue weighted by atomic mass is 79.9. The average molecular weight is 315 g/mol. The summed E-state index contributed by atoms with van der Waals surface area (Å²) in [6.45, 7) is 1.92. The molecule has 0 heterocycles. The fraction of sp³-hybridized carbons (Fsp3) is 0.462. The summed E-state index contributed by atoms with van der Waals surface area (Å²) < 4.78 is 5.98. The fourth-order valence-corrected chi connectivity index (χ4v) is 1.98. The Morgan fingerprint density at radius 3 is 2.72 bits per heavy atom. The molecule has 0 radical (unpaired) electrons. The van der Waals surface area contributed by atoms with Crippen LogP contribution in [0, 0.1) is 0 Å². The highest BCUT2D eigenvalue weighted by Crippen LogP contribution is 2.15. The molecule has 0 saturated heterocycles. The number of carbonyl (C=O) groups excluding carboxylic acids is 1. The quantitative estimate of drug-likeness (QED) is 0.759. The van der Waals surface area contributed by atoms with Crippen molar-refractivity contribution in [3.63, 3.8) is 0 Å². The maximum absolute atomic E-state index is 11.4. The summed E-state index contributed by atoms with van der Waals surface area (Å²) in [5.74, 6) is 0. The van der Waals surface area contributed by atoms with Gasteiger partial charge in [-0.1, -0.05) is 34.1 Å². The summed E-state index contributed by atoms with van der Waals surface area (Å²) in [5, 5.41) is 5.60. The molecule has 18 heavy (non-hydrogen) atoms. The number of methoxy groups -OCH3 is 1. The van der Waals surface area contributed by atoms with E-state index < -0.39 is 0 Å². The SMILES string of the molecule is COCCCNC(=O)NCCc1ccccc1Br. The number of nitrogens with one attached hydrogen (secondary N) is 2. The van der Waals surface area contributed by atoms with Crippen molar-refractivity contribution in [3.8, 4) is 0 Å². The Morgan fingerprint density at radius 1 is 1.28 bits per heavy atom. The number of carbonyl (C=O) groups is 1. The summed E-state index contributed by atoms with van der Waals surface area (Å²) in [7, 11) is 1.65. The van der Waals surface area contributed by atoms with Crippen LogP contribution < -0.4 is 10.6 Å². The van der Waals surface area contributed by atoms with Crippen LogP contribution in [0.2, 0.25) is 0 Å². The first kappa shape index (κ1) is 15.0. The molecule has 0 aliphatic heterocycles. The third kappa shape index (κ3) is 6.02. The Labute approximate surface area is 116 Å². The van der Waals surface area contributed by atoms with Crippen LogP contribution in [-0.2, 0) is 11.2 Å². The normalized spacial score (nSPS) is 10.1. The zero-order valence-electron chi connectivity index (χ0n) is 10.5. The number of urea groups is 1. The lowest BCUT2D eigenvalue weighted by atomic mass is 10.1. The number of benzene rings is 1. The van der Waals surface area contributed by atoms with Gasteiger partial charge in [0.15, 0.2) is 0 Å². The predicted molar refractivity (Wildman–Crippen MR) is 75.7 cm³/mol. The summed E-state index contributed by atoms with van der Waals surface area (Å²) in [6.07, 6.45) is 1.64. The molecular formula is C13H19BrN2O2. The van der Waals surface area contributed by atoms with Gasteiger partial charge in [0.05, 0.1) is 0 Å². The van der Waals surface area contributed by atoms with Crippen molar-refractivity contribution in [1.29, 1.82) is 0 Å². The van der Waals surface area contributed by atoms with Crippen molar-refractivity contribution >= 4 is 22.0 Å². The smallest absolute Gasteiger partial charge is 0.314 e. The number of ether oxygens (including phenoxy) is 1. The molecule has 100 valence electrons. The van der Waals surface area contributed by atoms with E-state index in [0.29, 0.717) is 19.7 Å². The van der Waals surface area contributed by atoms with Gasteiger partial charge in [0.25, 0.3) is 0 Å². The van der Waals surface area contributed by atoms with Gasteiger partial charge in [-0.25, -0.2) is 4.79 Å². The van der Waals surface area contributed by atoms with E-state index in [9.17, 15) is 4.79 Å². The van der Waals surface area contributed by atoms with E-state index in [-0.39, 0.29) is 6.03 Å². The number of hydrogen-bond donors (Lipinski definition) is 2. The number of hydrogen-bond acceptors (Lipinski definition) is 2. The second kappa shape index (κ2) is 8.94. The summed E-state index contributed by atoms with van der Waals surface area (Å²) >= 11 is 3.48. The molecule has 1 aromatic rings. The molecule has 0 bridgehead atoms. The van der Waals surface area contributed by atoms with Gasteiger partial charge in [-0.05, 0) is 24.5 Å². The second-order valence-corrected chi connectivity index (χ2v) is 4.72. The number of rotatable bonds is 7. The van der Waals surface area contributed by atoms with E-state index in [2.05, 4.69) is 26.6 Å². The van der Waals surface area contributed by atoms with Crippen LogP contribution in [0.5, 0.6) is 0 Å². The van der Waals surface area contributed by atoms with Crippen molar-refractivity contribution in [2.45, 2.75) is 12.8 Å². The molecule has 0 saturated carbocycles. The van der Waals surface area contributed by atoms with E-state index in [4.69, 9.17) is 4.74 Å². The van der Waals surface area contributed by atoms with E-state index >= 15 is 0 Å². The predicted octanol–water partition coefficient (Wildman–Crippen LogP) is 2.33. The van der Waals surface area contributed by atoms with Crippen molar-refractivity contribution in [3.05, 3.63) is 34.3 Å². The summed E-state index contributed by atoms with van der Waals surface area (Å²) in [5.41, 5.74) is 1.19. The Morgan fingerprint density at radius 2 is 2.00 bits per heavy atom. The van der Waals surface area contributed by atoms with Crippen molar-refractivity contribution in [2.75, 3.05) is 26.8 Å². The molecule has 0 atom stereocenters. The molecule has 0 aliphatic rings. The first-order chi connectivity index (χ1) is 8.74. The molecule has 0 aromatic heterocycles. The molecule has 0 fully saturated rings. The standard InChI is InChI=1S/C13H19BrN2O2/c1-18-10-4-8-15-13(17)16-9-7-11-5-2-3-6-12(11)14/h2-3,5-6H,4,7-10H2,1H3,(H2,15,16,17). The van der Waals surface area contributed by atoms with Crippen LogP contribution in [-0.4, -0.2) is 32.8 Å². The fourth-order valence-electron chi connectivity index (χ4n) is 1.49. The van der Waals surface area contributed by atoms with Gasteiger partial charge >= 0.3 is 6.03 Å². The zero-order chi connectivity index (χ0) is 13.2. The highest BCUT2D eigenvalue weighted by Gasteiger charge is 2.01. The summed E-state index contributed by atoms with van der Waals surface area (Å²) in [6, 6.07) is 7.88. The van der Waals surface area contributed by atoms with E-state index in [1.54, 1.807) is 7.11 Å². The minimum Gasteiger partial charge on any atom is -0.385 e. The van der Waals surface area contributed by atoms with Crippen LogP contribution >= 0.6 is 15.9 Å². The van der Waals surface area contributed by atoms with Crippen LogP contribution in [0.25, 0.3) is 0 Å². The molecule has 1 rings (SSSR count). The van der Waals surface area contributed by atoms with Gasteiger partial charge in [-0.3, -0.25) is 0 Å². The Kier molecular flexibility index (Phi) is 7.44. The van der Waals surface area contributed by atoms with E-state index in [1.807, 2.05) is 24.3 Å². The van der Waals surface area contributed by atoms with Gasteiger partial charge in [0.1, 0.15) is 0 Å². The second-order valence-electron chi connectivity index (χ2n) is 3.87. The largest absolute Gasteiger partial charge is 0.385 e. The van der Waals surface area contributed by atoms with E-state index in [1.165, 1.54) is 5.56 Å². The van der Waals surface area contributed by atoms with Crippen molar-refractivity contribution < 1.29 is 9.53 Å². The lowest BCUT2D eigenvalue weighted by molar-refractivity contribution is 0.193.